The van der Waals surface area contributed by atoms with Crippen LogP contribution in [0.25, 0.3) is 0 Å². The maximum absolute atomic E-state index is 6.30. The van der Waals surface area contributed by atoms with Gasteiger partial charge in [-0.15, -0.1) is 0 Å². The van der Waals surface area contributed by atoms with Crippen molar-refractivity contribution in [2.24, 2.45) is 0 Å². The number of benzene rings is 1. The first-order chi connectivity index (χ1) is 8.35. The molecule has 2 heteroatoms. The van der Waals surface area contributed by atoms with E-state index in [-0.39, 0.29) is 0 Å². The maximum Gasteiger partial charge on any atom is 0.192 e. The Morgan fingerprint density at radius 2 is 1.82 bits per heavy atom. The van der Waals surface area contributed by atoms with Gasteiger partial charge in [-0.2, -0.15) is 0 Å². The minimum Gasteiger partial charge on any atom is -0.417 e. The third-order valence-corrected chi connectivity index (χ3v) is 8.65. The van der Waals surface area contributed by atoms with Crippen molar-refractivity contribution in [2.75, 3.05) is 6.61 Å². The van der Waals surface area contributed by atoms with Crippen LogP contribution >= 0.6 is 0 Å². The number of aryl methyl sites for hydroxylation is 1. The van der Waals surface area contributed by atoms with Crippen LogP contribution in [0.15, 0.2) is 30.3 Å². The molecule has 0 atom stereocenters. The van der Waals surface area contributed by atoms with Crippen LogP contribution in [-0.4, -0.2) is 14.9 Å². The van der Waals surface area contributed by atoms with Crippen molar-refractivity contribution >= 4 is 8.32 Å². The van der Waals surface area contributed by atoms with Crippen molar-refractivity contribution in [1.29, 1.82) is 0 Å². The molecule has 0 unspecified atom stereocenters. The predicted molar refractivity (Wildman–Crippen MR) is 75.8 cm³/mol. The third-order valence-electron chi connectivity index (χ3n) is 4.02. The lowest BCUT2D eigenvalue weighted by Gasteiger charge is -2.25. The van der Waals surface area contributed by atoms with Crippen molar-refractivity contribution in [3.8, 4) is 0 Å². The summed E-state index contributed by atoms with van der Waals surface area (Å²) < 4.78 is 6.30. The number of hydrogen-bond donors (Lipinski definition) is 0. The molecule has 1 aliphatic rings. The van der Waals surface area contributed by atoms with Crippen molar-refractivity contribution in [2.45, 2.75) is 50.7 Å². The molecule has 17 heavy (non-hydrogen) atoms. The summed E-state index contributed by atoms with van der Waals surface area (Å²) in [5.41, 5.74) is 1.44. The van der Waals surface area contributed by atoms with Crippen LogP contribution in [0.3, 0.4) is 0 Å². The summed E-state index contributed by atoms with van der Waals surface area (Å²) in [5.74, 6) is 0. The van der Waals surface area contributed by atoms with Crippen LogP contribution in [0.1, 0.15) is 31.7 Å². The summed E-state index contributed by atoms with van der Waals surface area (Å²) in [6, 6.07) is 14.9. The highest BCUT2D eigenvalue weighted by Crippen LogP contribution is 2.34. The first-order valence-electron chi connectivity index (χ1n) is 7.02. The zero-order valence-corrected chi connectivity index (χ0v) is 12.0. The Morgan fingerprint density at radius 1 is 1.12 bits per heavy atom. The largest absolute Gasteiger partial charge is 0.417 e. The lowest BCUT2D eigenvalue weighted by Crippen LogP contribution is -2.34. The average molecular weight is 248 g/mol. The molecule has 1 aromatic rings. The molecule has 0 amide bonds. The van der Waals surface area contributed by atoms with E-state index >= 15 is 0 Å². The van der Waals surface area contributed by atoms with E-state index in [1.165, 1.54) is 43.0 Å². The van der Waals surface area contributed by atoms with E-state index in [0.29, 0.717) is 0 Å². The summed E-state index contributed by atoms with van der Waals surface area (Å²) in [6.07, 6.45) is 5.17. The Bertz CT molecular complexity index is 317. The Kier molecular flexibility index (Phi) is 4.81. The average Bonchev–Trinajstić information content (AvgIpc) is 2.85. The van der Waals surface area contributed by atoms with E-state index in [1.807, 2.05) is 0 Å². The van der Waals surface area contributed by atoms with Crippen LogP contribution in [0.2, 0.25) is 18.1 Å². The molecular formula is C15H24OSi. The normalized spacial score (nSPS) is 18.4. The molecule has 1 aliphatic heterocycles. The molecule has 1 nitrogen and oxygen atoms in total. The molecule has 2 rings (SSSR count). The highest BCUT2D eigenvalue weighted by molar-refractivity contribution is 6.74. The molecule has 0 radical (unpaired) electrons. The number of hydrogen-bond acceptors (Lipinski definition) is 1. The van der Waals surface area contributed by atoms with Gasteiger partial charge in [0.1, 0.15) is 0 Å². The Morgan fingerprint density at radius 3 is 2.47 bits per heavy atom. The number of rotatable bonds is 6. The molecule has 0 bridgehead atoms. The lowest BCUT2D eigenvalue weighted by atomic mass is 10.1. The van der Waals surface area contributed by atoms with Gasteiger partial charge < -0.3 is 4.43 Å². The van der Waals surface area contributed by atoms with Gasteiger partial charge in [-0.25, -0.2) is 0 Å². The summed E-state index contributed by atoms with van der Waals surface area (Å²) in [6.45, 7) is 3.31. The molecule has 1 saturated heterocycles. The van der Waals surface area contributed by atoms with Crippen LogP contribution in [0, 0.1) is 0 Å². The minimum absolute atomic E-state index is 0.981. The quantitative estimate of drug-likeness (QED) is 0.536. The van der Waals surface area contributed by atoms with Crippen molar-refractivity contribution in [1.82, 2.24) is 0 Å². The monoisotopic (exact) mass is 248 g/mol. The predicted octanol–water partition coefficient (Wildman–Crippen LogP) is 4.40. The van der Waals surface area contributed by atoms with Crippen LogP contribution in [0.5, 0.6) is 0 Å². The minimum atomic E-state index is -1.24. The van der Waals surface area contributed by atoms with Crippen LogP contribution < -0.4 is 0 Å². The van der Waals surface area contributed by atoms with E-state index in [1.54, 1.807) is 0 Å². The third kappa shape index (κ3) is 3.68. The van der Waals surface area contributed by atoms with E-state index in [0.717, 1.165) is 13.0 Å². The maximum atomic E-state index is 6.30. The molecule has 94 valence electrons. The van der Waals surface area contributed by atoms with E-state index < -0.39 is 8.32 Å². The van der Waals surface area contributed by atoms with Gasteiger partial charge in [0.2, 0.25) is 0 Å². The van der Waals surface area contributed by atoms with Gasteiger partial charge >= 0.3 is 0 Å². The zero-order valence-electron chi connectivity index (χ0n) is 11.0. The summed E-state index contributed by atoms with van der Waals surface area (Å²) in [5, 5.41) is 0. The van der Waals surface area contributed by atoms with Crippen molar-refractivity contribution in [3.63, 3.8) is 0 Å². The van der Waals surface area contributed by atoms with E-state index in [2.05, 4.69) is 37.3 Å². The summed E-state index contributed by atoms with van der Waals surface area (Å²) >= 11 is 0. The van der Waals surface area contributed by atoms with Gasteiger partial charge in [0, 0.05) is 6.61 Å². The molecule has 0 aromatic heterocycles. The Balaban J connectivity index is 1.69. The molecule has 0 saturated carbocycles. The second-order valence-electron chi connectivity index (χ2n) is 5.18. The highest BCUT2D eigenvalue weighted by Gasteiger charge is 2.36. The van der Waals surface area contributed by atoms with Gasteiger partial charge in [0.05, 0.1) is 0 Å². The first-order valence-corrected chi connectivity index (χ1v) is 9.55. The molecule has 1 fully saturated rings. The van der Waals surface area contributed by atoms with Gasteiger partial charge in [-0.05, 0) is 36.5 Å². The SMILES string of the molecule is CC[Si]1(OCCCc2ccccc2)CCCC1. The fourth-order valence-corrected chi connectivity index (χ4v) is 6.64. The summed E-state index contributed by atoms with van der Waals surface area (Å²) in [4.78, 5) is 0. The fraction of sp³-hybridized carbons (Fsp3) is 0.600. The highest BCUT2D eigenvalue weighted by atomic mass is 28.4. The molecule has 0 aliphatic carbocycles. The van der Waals surface area contributed by atoms with Crippen LogP contribution in [0.4, 0.5) is 0 Å². The summed E-state index contributed by atoms with van der Waals surface area (Å²) in [7, 11) is -1.24. The molecule has 1 aromatic carbocycles. The van der Waals surface area contributed by atoms with Gasteiger partial charge in [0.15, 0.2) is 8.32 Å². The zero-order chi connectivity index (χ0) is 12.0. The Labute approximate surface area is 106 Å². The molecular weight excluding hydrogens is 224 g/mol. The van der Waals surface area contributed by atoms with E-state index in [4.69, 9.17) is 4.43 Å². The van der Waals surface area contributed by atoms with E-state index in [9.17, 15) is 0 Å². The first kappa shape index (κ1) is 12.8. The molecule has 1 heterocycles. The van der Waals surface area contributed by atoms with Crippen molar-refractivity contribution in [3.05, 3.63) is 35.9 Å². The van der Waals surface area contributed by atoms with Crippen molar-refractivity contribution < 1.29 is 4.43 Å². The van der Waals surface area contributed by atoms with Gasteiger partial charge in [0.25, 0.3) is 0 Å². The second kappa shape index (κ2) is 6.36. The Hall–Kier alpha value is -0.603. The topological polar surface area (TPSA) is 9.23 Å². The van der Waals surface area contributed by atoms with Gasteiger partial charge in [-0.3, -0.25) is 0 Å². The lowest BCUT2D eigenvalue weighted by molar-refractivity contribution is 0.296. The second-order valence-corrected chi connectivity index (χ2v) is 9.54. The molecule has 0 spiro atoms. The standard InChI is InChI=1S/C15H24OSi/c1-2-17(13-6-7-14-17)16-12-8-11-15-9-4-3-5-10-15/h3-5,9-10H,2,6-8,11-14H2,1H3. The van der Waals surface area contributed by atoms with Gasteiger partial charge in [-0.1, -0.05) is 50.1 Å². The smallest absolute Gasteiger partial charge is 0.192 e. The molecule has 0 N–H and O–H groups in total. The van der Waals surface area contributed by atoms with Crippen LogP contribution in [-0.2, 0) is 10.8 Å². The fourth-order valence-electron chi connectivity index (χ4n) is 2.83.